The number of aromatic nitrogens is 2. The number of nitrogens with zero attached hydrogens (tertiary/aromatic N) is 4. The van der Waals surface area contributed by atoms with Gasteiger partial charge in [-0.3, -0.25) is 4.79 Å². The zero-order valence-corrected chi connectivity index (χ0v) is 18.0. The number of rotatable bonds is 5. The van der Waals surface area contributed by atoms with Crippen molar-refractivity contribution in [3.05, 3.63) is 47.2 Å². The first-order valence-electron chi connectivity index (χ1n) is 9.15. The van der Waals surface area contributed by atoms with E-state index in [-0.39, 0.29) is 11.6 Å². The van der Waals surface area contributed by atoms with Crippen molar-refractivity contribution < 1.29 is 31.1 Å². The third-order valence-corrected chi connectivity index (χ3v) is 6.61. The molecule has 3 rings (SSSR count). The van der Waals surface area contributed by atoms with E-state index in [0.29, 0.717) is 17.0 Å². The molecular weight excluding hydrogens is 453 g/mol. The van der Waals surface area contributed by atoms with Crippen molar-refractivity contribution in [2.75, 3.05) is 24.7 Å². The topological polar surface area (TPSA) is 140 Å². The maximum atomic E-state index is 15.3. The fourth-order valence-corrected chi connectivity index (χ4v) is 4.53. The maximum Gasteiger partial charge on any atom is 0.275 e. The highest BCUT2D eigenvalue weighted by molar-refractivity contribution is 7.89. The normalized spacial score (nSPS) is 19.9. The average Bonchev–Trinajstić information content (AvgIpc) is 2.70. The summed E-state index contributed by atoms with van der Waals surface area (Å²) in [4.78, 5) is 23.9. The second-order valence-electron chi connectivity index (χ2n) is 7.00. The molecule has 1 aliphatic heterocycles. The van der Waals surface area contributed by atoms with Gasteiger partial charge in [0, 0.05) is 13.1 Å². The van der Waals surface area contributed by atoms with Gasteiger partial charge in [-0.15, -0.1) is 0 Å². The molecule has 1 aromatic carbocycles. The van der Waals surface area contributed by atoms with Crippen LogP contribution >= 0.6 is 0 Å². The van der Waals surface area contributed by atoms with Crippen LogP contribution in [-0.4, -0.2) is 54.0 Å². The monoisotopic (exact) mass is 472 g/mol. The number of hydrogen-bond acceptors (Lipinski definition) is 8. The first-order valence-corrected chi connectivity index (χ1v) is 10.8. The van der Waals surface area contributed by atoms with Gasteiger partial charge in [0.25, 0.3) is 5.91 Å². The molecule has 0 spiro atoms. The van der Waals surface area contributed by atoms with Gasteiger partial charge in [0.2, 0.25) is 21.9 Å². The highest BCUT2D eigenvalue weighted by Gasteiger charge is 2.44. The van der Waals surface area contributed by atoms with Gasteiger partial charge in [-0.1, -0.05) is 0 Å². The van der Waals surface area contributed by atoms with Gasteiger partial charge in [0.1, 0.15) is 11.2 Å². The highest BCUT2D eigenvalue weighted by Crippen LogP contribution is 2.38. The smallest absolute Gasteiger partial charge is 0.275 e. The largest absolute Gasteiger partial charge is 0.477 e. The standard InChI is InChI=1S/C18H19F3N6O4S/c1-4-31-12-7-23-11(6-24-12)16(28)25-10-5-9(19)14(20)13(15(10)21)18(2)8-32(29,30)27(3)17(22)26-18/h5-7H,4,8H2,1-3H3,(H2,22,26)(H,25,28)/t18-/m0/s1. The van der Waals surface area contributed by atoms with Crippen LogP contribution in [0.1, 0.15) is 29.9 Å². The molecule has 2 aromatic rings. The molecule has 0 unspecified atom stereocenters. The summed E-state index contributed by atoms with van der Waals surface area (Å²) in [6.45, 7) is 3.13. The molecule has 2 heterocycles. The fraction of sp³-hybridized carbons (Fsp3) is 0.333. The predicted molar refractivity (Wildman–Crippen MR) is 108 cm³/mol. The van der Waals surface area contributed by atoms with E-state index >= 15 is 4.39 Å². The minimum Gasteiger partial charge on any atom is -0.477 e. The molecule has 1 aromatic heterocycles. The number of anilines is 1. The third-order valence-electron chi connectivity index (χ3n) is 4.66. The molecule has 0 saturated heterocycles. The first kappa shape index (κ1) is 23.2. The lowest BCUT2D eigenvalue weighted by atomic mass is 9.92. The van der Waals surface area contributed by atoms with E-state index < -0.39 is 61.9 Å². The summed E-state index contributed by atoms with van der Waals surface area (Å²) in [5.74, 6) is -6.82. The van der Waals surface area contributed by atoms with Crippen LogP contribution in [0.2, 0.25) is 0 Å². The van der Waals surface area contributed by atoms with Crippen LogP contribution in [0.3, 0.4) is 0 Å². The zero-order valence-electron chi connectivity index (χ0n) is 17.2. The van der Waals surface area contributed by atoms with E-state index in [2.05, 4.69) is 20.3 Å². The van der Waals surface area contributed by atoms with Crippen molar-refractivity contribution in [3.63, 3.8) is 0 Å². The lowest BCUT2D eigenvalue weighted by Crippen LogP contribution is -2.50. The molecular formula is C18H19F3N6O4S. The molecule has 32 heavy (non-hydrogen) atoms. The van der Waals surface area contributed by atoms with Gasteiger partial charge in [0.05, 0.1) is 36.0 Å². The number of aliphatic imine (C=N–C) groups is 1. The Labute approximate surface area is 181 Å². The Hall–Kier alpha value is -3.42. The summed E-state index contributed by atoms with van der Waals surface area (Å²) in [7, 11) is -2.98. The first-order chi connectivity index (χ1) is 14.9. The average molecular weight is 472 g/mol. The minimum absolute atomic E-state index is 0.150. The van der Waals surface area contributed by atoms with Crippen molar-refractivity contribution in [1.82, 2.24) is 14.3 Å². The van der Waals surface area contributed by atoms with Crippen molar-refractivity contribution >= 4 is 27.6 Å². The number of nitrogens with one attached hydrogen (secondary N) is 1. The summed E-state index contributed by atoms with van der Waals surface area (Å²) in [6, 6.07) is 0.425. The van der Waals surface area contributed by atoms with Crippen LogP contribution < -0.4 is 15.8 Å². The summed E-state index contributed by atoms with van der Waals surface area (Å²) >= 11 is 0. The molecule has 10 nitrogen and oxygen atoms in total. The van der Waals surface area contributed by atoms with Crippen LogP contribution in [0.4, 0.5) is 18.9 Å². The Balaban J connectivity index is 2.03. The van der Waals surface area contributed by atoms with E-state index in [1.807, 2.05) is 0 Å². The number of hydrogen-bond donors (Lipinski definition) is 2. The Kier molecular flexibility index (Phi) is 6.00. The Morgan fingerprint density at radius 3 is 2.53 bits per heavy atom. The highest BCUT2D eigenvalue weighted by atomic mass is 32.2. The van der Waals surface area contributed by atoms with Crippen molar-refractivity contribution in [2.24, 2.45) is 10.7 Å². The molecule has 1 aliphatic rings. The van der Waals surface area contributed by atoms with E-state index in [0.717, 1.165) is 26.4 Å². The number of carbonyl (C=O) groups excluding carboxylic acids is 1. The SMILES string of the molecule is CCOc1cnc(C(=O)Nc2cc(F)c(F)c([C@]3(C)CS(=O)(=O)N(C)C(N)=N3)c2F)cn1. The van der Waals surface area contributed by atoms with Crippen LogP contribution in [0.15, 0.2) is 23.5 Å². The van der Waals surface area contributed by atoms with E-state index in [1.165, 1.54) is 0 Å². The van der Waals surface area contributed by atoms with Crippen molar-refractivity contribution in [1.29, 1.82) is 0 Å². The molecule has 1 atom stereocenters. The van der Waals surface area contributed by atoms with E-state index in [9.17, 15) is 22.0 Å². The predicted octanol–water partition coefficient (Wildman–Crippen LogP) is 1.35. The van der Waals surface area contributed by atoms with Crippen LogP contribution in [0, 0.1) is 17.5 Å². The van der Waals surface area contributed by atoms with Crippen molar-refractivity contribution in [3.8, 4) is 5.88 Å². The van der Waals surface area contributed by atoms with Crippen LogP contribution in [0.5, 0.6) is 5.88 Å². The number of halogens is 3. The number of amides is 1. The number of sulfonamides is 1. The lowest BCUT2D eigenvalue weighted by Gasteiger charge is -2.35. The maximum absolute atomic E-state index is 15.3. The van der Waals surface area contributed by atoms with Gasteiger partial charge < -0.3 is 15.8 Å². The molecule has 3 N–H and O–H groups in total. The lowest BCUT2D eigenvalue weighted by molar-refractivity contribution is 0.102. The quantitative estimate of drug-likeness (QED) is 0.626. The number of ether oxygens (including phenoxy) is 1. The summed E-state index contributed by atoms with van der Waals surface area (Å²) in [6.07, 6.45) is 2.21. The van der Waals surface area contributed by atoms with Gasteiger partial charge in [-0.05, 0) is 13.8 Å². The van der Waals surface area contributed by atoms with Crippen LogP contribution in [-0.2, 0) is 15.6 Å². The fourth-order valence-electron chi connectivity index (χ4n) is 3.09. The van der Waals surface area contributed by atoms with Gasteiger partial charge in [0.15, 0.2) is 17.5 Å². The summed E-state index contributed by atoms with van der Waals surface area (Å²) in [5, 5.41) is 2.08. The summed E-state index contributed by atoms with van der Waals surface area (Å²) < 4.78 is 74.7. The number of carbonyl (C=O) groups is 1. The minimum atomic E-state index is -4.10. The van der Waals surface area contributed by atoms with Gasteiger partial charge >= 0.3 is 0 Å². The Morgan fingerprint density at radius 2 is 1.97 bits per heavy atom. The number of guanidine groups is 1. The summed E-state index contributed by atoms with van der Waals surface area (Å²) in [5.41, 5.74) is 1.51. The van der Waals surface area contributed by atoms with Gasteiger partial charge in [-0.2, -0.15) is 0 Å². The Bertz CT molecular complexity index is 1210. The third kappa shape index (κ3) is 4.17. The molecule has 14 heteroatoms. The van der Waals surface area contributed by atoms with E-state index in [4.69, 9.17) is 10.5 Å². The Morgan fingerprint density at radius 1 is 1.28 bits per heavy atom. The molecule has 0 saturated carbocycles. The molecule has 0 radical (unpaired) electrons. The second-order valence-corrected chi connectivity index (χ2v) is 9.00. The van der Waals surface area contributed by atoms with Crippen LogP contribution in [0.25, 0.3) is 0 Å². The zero-order chi connectivity index (χ0) is 23.8. The molecule has 1 amide bonds. The number of benzene rings is 1. The molecule has 0 bridgehead atoms. The molecule has 172 valence electrons. The molecule has 0 aliphatic carbocycles. The van der Waals surface area contributed by atoms with Crippen molar-refractivity contribution in [2.45, 2.75) is 19.4 Å². The van der Waals surface area contributed by atoms with Gasteiger partial charge in [-0.25, -0.2) is 40.9 Å². The number of nitrogens with two attached hydrogens (primary N) is 1. The second kappa shape index (κ2) is 8.26. The van der Waals surface area contributed by atoms with E-state index in [1.54, 1.807) is 6.92 Å². The molecule has 0 fully saturated rings.